The molecule has 0 aliphatic rings. The van der Waals surface area contributed by atoms with Gasteiger partial charge in [-0.25, -0.2) is 9.59 Å². The Bertz CT molecular complexity index is 487. The molecule has 0 aliphatic carbocycles. The summed E-state index contributed by atoms with van der Waals surface area (Å²) in [5, 5.41) is 18.5. The van der Waals surface area contributed by atoms with E-state index in [0.717, 1.165) is 38.5 Å². The van der Waals surface area contributed by atoms with E-state index in [1.165, 1.54) is 0 Å². The maximum atomic E-state index is 11.4. The number of aromatic carboxylic acids is 2. The van der Waals surface area contributed by atoms with Crippen molar-refractivity contribution >= 4 is 11.9 Å². The van der Waals surface area contributed by atoms with Crippen LogP contribution in [-0.4, -0.2) is 22.2 Å². The number of rotatable bonds is 10. The van der Waals surface area contributed by atoms with E-state index >= 15 is 0 Å². The predicted molar refractivity (Wildman–Crippen MR) is 79.1 cm³/mol. The highest BCUT2D eigenvalue weighted by Gasteiger charge is 2.28. The number of carboxylic acid groups (broad SMARTS) is 2. The second-order valence-electron chi connectivity index (χ2n) is 5.23. The van der Waals surface area contributed by atoms with Crippen LogP contribution in [-0.2, 0) is 12.8 Å². The molecular weight excluding hydrogens is 272 g/mol. The summed E-state index contributed by atoms with van der Waals surface area (Å²) < 4.78 is 5.37. The Morgan fingerprint density at radius 3 is 1.95 bits per heavy atom. The fourth-order valence-electron chi connectivity index (χ4n) is 2.44. The zero-order valence-corrected chi connectivity index (χ0v) is 12.8. The molecule has 0 saturated carbocycles. The largest absolute Gasteiger partial charge is 0.478 e. The molecule has 5 heteroatoms. The van der Waals surface area contributed by atoms with Gasteiger partial charge in [0.25, 0.3) is 0 Å². The summed E-state index contributed by atoms with van der Waals surface area (Å²) in [6.45, 7) is 4.15. The molecule has 0 aliphatic heterocycles. The van der Waals surface area contributed by atoms with E-state index in [1.807, 2.05) is 0 Å². The van der Waals surface area contributed by atoms with E-state index < -0.39 is 17.7 Å². The van der Waals surface area contributed by atoms with Gasteiger partial charge in [0.2, 0.25) is 5.76 Å². The van der Waals surface area contributed by atoms with Crippen molar-refractivity contribution in [3.63, 3.8) is 0 Å². The van der Waals surface area contributed by atoms with Crippen molar-refractivity contribution in [2.45, 2.75) is 65.2 Å². The van der Waals surface area contributed by atoms with Crippen molar-refractivity contribution in [2.24, 2.45) is 0 Å². The first-order valence-electron chi connectivity index (χ1n) is 7.64. The quantitative estimate of drug-likeness (QED) is 0.633. The van der Waals surface area contributed by atoms with Crippen LogP contribution >= 0.6 is 0 Å². The third kappa shape index (κ3) is 4.62. The molecule has 1 aromatic rings. The van der Waals surface area contributed by atoms with Gasteiger partial charge in [0.15, 0.2) is 0 Å². The third-order valence-corrected chi connectivity index (χ3v) is 3.54. The van der Waals surface area contributed by atoms with Gasteiger partial charge in [-0.15, -0.1) is 0 Å². The van der Waals surface area contributed by atoms with Crippen LogP contribution in [0.2, 0.25) is 0 Å². The molecule has 0 amide bonds. The number of hydrogen-bond donors (Lipinski definition) is 2. The van der Waals surface area contributed by atoms with Crippen molar-refractivity contribution in [1.82, 2.24) is 0 Å². The van der Waals surface area contributed by atoms with Crippen molar-refractivity contribution in [2.75, 3.05) is 0 Å². The molecule has 5 nitrogen and oxygen atoms in total. The van der Waals surface area contributed by atoms with E-state index in [2.05, 4.69) is 13.8 Å². The fraction of sp³-hybridized carbons (Fsp3) is 0.625. The summed E-state index contributed by atoms with van der Waals surface area (Å²) in [6.07, 6.45) is 6.96. The maximum Gasteiger partial charge on any atom is 0.372 e. The van der Waals surface area contributed by atoms with Crippen molar-refractivity contribution in [3.8, 4) is 0 Å². The molecule has 1 heterocycles. The minimum atomic E-state index is -1.31. The highest BCUT2D eigenvalue weighted by molar-refractivity contribution is 6.01. The summed E-state index contributed by atoms with van der Waals surface area (Å²) in [7, 11) is 0. The first kappa shape index (κ1) is 17.3. The highest BCUT2D eigenvalue weighted by atomic mass is 16.4. The van der Waals surface area contributed by atoms with Crippen LogP contribution in [0.15, 0.2) is 4.42 Å². The average molecular weight is 296 g/mol. The van der Waals surface area contributed by atoms with Crippen LogP contribution in [0.1, 0.15) is 84.6 Å². The molecule has 0 saturated heterocycles. The molecular formula is C16H24O5. The maximum absolute atomic E-state index is 11.4. The number of carboxylic acids is 2. The number of aryl methyl sites for hydroxylation is 1. The molecule has 0 radical (unpaired) electrons. The summed E-state index contributed by atoms with van der Waals surface area (Å²) in [6, 6.07) is 0. The fourth-order valence-corrected chi connectivity index (χ4v) is 2.44. The Morgan fingerprint density at radius 2 is 1.48 bits per heavy atom. The van der Waals surface area contributed by atoms with Crippen molar-refractivity contribution in [3.05, 3.63) is 22.6 Å². The monoisotopic (exact) mass is 296 g/mol. The van der Waals surface area contributed by atoms with Gasteiger partial charge in [0, 0.05) is 12.0 Å². The zero-order valence-electron chi connectivity index (χ0n) is 12.8. The Morgan fingerprint density at radius 1 is 0.905 bits per heavy atom. The first-order valence-corrected chi connectivity index (χ1v) is 7.64. The summed E-state index contributed by atoms with van der Waals surface area (Å²) in [5.74, 6) is -2.43. The van der Waals surface area contributed by atoms with Crippen LogP contribution in [0.4, 0.5) is 0 Å². The molecule has 0 aromatic carbocycles. The number of furan rings is 1. The zero-order chi connectivity index (χ0) is 15.8. The van der Waals surface area contributed by atoms with Gasteiger partial charge in [-0.05, 0) is 19.3 Å². The topological polar surface area (TPSA) is 87.7 Å². The second-order valence-corrected chi connectivity index (χ2v) is 5.23. The molecule has 118 valence electrons. The van der Waals surface area contributed by atoms with Crippen LogP contribution in [0, 0.1) is 0 Å². The Labute approximate surface area is 125 Å². The van der Waals surface area contributed by atoms with Crippen LogP contribution in [0.25, 0.3) is 0 Å². The van der Waals surface area contributed by atoms with Gasteiger partial charge in [0.05, 0.1) is 0 Å². The highest BCUT2D eigenvalue weighted by Crippen LogP contribution is 2.27. The minimum Gasteiger partial charge on any atom is -0.478 e. The predicted octanol–water partition coefficient (Wildman–Crippen LogP) is 4.14. The molecule has 1 aromatic heterocycles. The first-order chi connectivity index (χ1) is 10.0. The van der Waals surface area contributed by atoms with Gasteiger partial charge in [-0.3, -0.25) is 0 Å². The second kappa shape index (κ2) is 8.49. The summed E-state index contributed by atoms with van der Waals surface area (Å²) in [4.78, 5) is 22.6. The van der Waals surface area contributed by atoms with E-state index in [9.17, 15) is 14.7 Å². The third-order valence-electron chi connectivity index (χ3n) is 3.54. The van der Waals surface area contributed by atoms with Gasteiger partial charge in [-0.1, -0.05) is 39.5 Å². The summed E-state index contributed by atoms with van der Waals surface area (Å²) in [5.41, 5.74) is 0.412. The van der Waals surface area contributed by atoms with Gasteiger partial charge in [-0.2, -0.15) is 0 Å². The van der Waals surface area contributed by atoms with E-state index in [4.69, 9.17) is 9.52 Å². The average Bonchev–Trinajstić information content (AvgIpc) is 2.79. The SMILES string of the molecule is CCCCCc1oc(C(=O)O)c(C(=O)O)c1CCCCC. The van der Waals surface area contributed by atoms with Crippen molar-refractivity contribution in [1.29, 1.82) is 0 Å². The van der Waals surface area contributed by atoms with Crippen molar-refractivity contribution < 1.29 is 24.2 Å². The number of unbranched alkanes of at least 4 members (excludes halogenated alkanes) is 4. The number of hydrogen-bond acceptors (Lipinski definition) is 3. The van der Waals surface area contributed by atoms with Crippen LogP contribution in [0.3, 0.4) is 0 Å². The molecule has 0 unspecified atom stereocenters. The Hall–Kier alpha value is -1.78. The molecule has 0 atom stereocenters. The Kier molecular flexibility index (Phi) is 6.99. The lowest BCUT2D eigenvalue weighted by Gasteiger charge is -2.03. The molecule has 0 spiro atoms. The molecule has 21 heavy (non-hydrogen) atoms. The van der Waals surface area contributed by atoms with Crippen LogP contribution < -0.4 is 0 Å². The Balaban J connectivity index is 3.10. The van der Waals surface area contributed by atoms with E-state index in [1.54, 1.807) is 0 Å². The minimum absolute atomic E-state index is 0.162. The van der Waals surface area contributed by atoms with Gasteiger partial charge < -0.3 is 14.6 Å². The van der Waals surface area contributed by atoms with Gasteiger partial charge >= 0.3 is 11.9 Å². The lowest BCUT2D eigenvalue weighted by atomic mass is 9.99. The molecule has 0 fully saturated rings. The molecule has 1 rings (SSSR count). The lowest BCUT2D eigenvalue weighted by molar-refractivity contribution is 0.0624. The smallest absolute Gasteiger partial charge is 0.372 e. The number of carbonyl (C=O) groups is 2. The van der Waals surface area contributed by atoms with E-state index in [0.29, 0.717) is 24.2 Å². The lowest BCUT2D eigenvalue weighted by Crippen LogP contribution is -2.07. The molecule has 0 bridgehead atoms. The normalized spacial score (nSPS) is 10.8. The molecule has 2 N–H and O–H groups in total. The van der Waals surface area contributed by atoms with Gasteiger partial charge in [0.1, 0.15) is 11.3 Å². The van der Waals surface area contributed by atoms with Crippen LogP contribution in [0.5, 0.6) is 0 Å². The standard InChI is InChI=1S/C16H24O5/c1-3-5-7-9-11-12(10-8-6-4-2)21-14(16(19)20)13(11)15(17)18/h3-10H2,1-2H3,(H,17,18)(H,19,20). The van der Waals surface area contributed by atoms with E-state index in [-0.39, 0.29) is 5.56 Å². The summed E-state index contributed by atoms with van der Waals surface area (Å²) >= 11 is 0.